The molecule has 4 rings (SSSR count). The van der Waals surface area contributed by atoms with E-state index in [1.54, 1.807) is 38.5 Å². The third-order valence-electron chi connectivity index (χ3n) is 8.65. The highest BCUT2D eigenvalue weighted by Crippen LogP contribution is 2.73. The molecule has 0 aliphatic heterocycles. The van der Waals surface area contributed by atoms with E-state index < -0.39 is 0 Å². The van der Waals surface area contributed by atoms with Crippen LogP contribution in [0.3, 0.4) is 0 Å². The summed E-state index contributed by atoms with van der Waals surface area (Å²) in [6.07, 6.45) is 10.8. The van der Waals surface area contributed by atoms with Crippen molar-refractivity contribution in [3.63, 3.8) is 0 Å². The van der Waals surface area contributed by atoms with Crippen molar-refractivity contribution in [1.29, 1.82) is 0 Å². The van der Waals surface area contributed by atoms with Gasteiger partial charge in [-0.05, 0) is 84.9 Å². The highest BCUT2D eigenvalue weighted by atomic mass is 14.7. The Kier molecular flexibility index (Phi) is 2.54. The van der Waals surface area contributed by atoms with Crippen LogP contribution in [-0.2, 0) is 0 Å². The first-order chi connectivity index (χ1) is 8.99. The summed E-state index contributed by atoms with van der Waals surface area (Å²) in [5, 5.41) is 0. The van der Waals surface area contributed by atoms with Crippen LogP contribution < -0.4 is 0 Å². The Morgan fingerprint density at radius 3 is 2.53 bits per heavy atom. The normalized spacial score (nSPS) is 63.2. The molecule has 0 bridgehead atoms. The first kappa shape index (κ1) is 12.7. The second-order valence-electron chi connectivity index (χ2n) is 9.25. The molecule has 4 fully saturated rings. The van der Waals surface area contributed by atoms with Crippen LogP contribution in [-0.4, -0.2) is 0 Å². The predicted molar refractivity (Wildman–Crippen MR) is 80.8 cm³/mol. The van der Waals surface area contributed by atoms with E-state index in [9.17, 15) is 0 Å². The molecule has 4 saturated carbocycles. The molecule has 0 spiro atoms. The quantitative estimate of drug-likeness (QED) is 0.582. The van der Waals surface area contributed by atoms with Crippen molar-refractivity contribution in [1.82, 2.24) is 0 Å². The topological polar surface area (TPSA) is 0 Å². The van der Waals surface area contributed by atoms with Gasteiger partial charge in [-0.2, -0.15) is 0 Å². The molecule has 0 aromatic rings. The van der Waals surface area contributed by atoms with E-state index in [0.29, 0.717) is 0 Å². The largest absolute Gasteiger partial charge is 0.0651 e. The average molecular weight is 260 g/mol. The van der Waals surface area contributed by atoms with Crippen molar-refractivity contribution in [3.05, 3.63) is 0 Å². The van der Waals surface area contributed by atoms with Crippen molar-refractivity contribution in [2.24, 2.45) is 46.3 Å². The molecule has 4 aliphatic carbocycles. The monoisotopic (exact) mass is 260 g/mol. The minimum atomic E-state index is 0.739. The van der Waals surface area contributed by atoms with E-state index in [0.717, 1.165) is 46.3 Å². The van der Waals surface area contributed by atoms with Gasteiger partial charge in [-0.15, -0.1) is 0 Å². The van der Waals surface area contributed by atoms with E-state index in [4.69, 9.17) is 0 Å². The van der Waals surface area contributed by atoms with Gasteiger partial charge in [-0.25, -0.2) is 0 Å². The number of hydrogen-bond acceptors (Lipinski definition) is 0. The molecule has 0 N–H and O–H groups in total. The van der Waals surface area contributed by atoms with E-state index in [2.05, 4.69) is 27.7 Å². The molecule has 108 valence electrons. The molecule has 0 radical (unpaired) electrons. The van der Waals surface area contributed by atoms with Gasteiger partial charge in [0.25, 0.3) is 0 Å². The van der Waals surface area contributed by atoms with Gasteiger partial charge in [0.1, 0.15) is 0 Å². The number of rotatable bonds is 1. The van der Waals surface area contributed by atoms with Gasteiger partial charge in [0.05, 0.1) is 0 Å². The lowest BCUT2D eigenvalue weighted by molar-refractivity contribution is -0.131. The molecule has 8 unspecified atom stereocenters. The first-order valence-corrected chi connectivity index (χ1v) is 8.99. The zero-order valence-electron chi connectivity index (χ0n) is 13.4. The summed E-state index contributed by atoms with van der Waals surface area (Å²) in [4.78, 5) is 0. The third kappa shape index (κ3) is 1.42. The Bertz CT molecular complexity index is 385. The maximum atomic E-state index is 2.67. The molecule has 0 heterocycles. The van der Waals surface area contributed by atoms with Crippen LogP contribution in [0, 0.1) is 46.3 Å². The van der Waals surface area contributed by atoms with Gasteiger partial charge >= 0.3 is 0 Å². The van der Waals surface area contributed by atoms with Crippen LogP contribution in [0.15, 0.2) is 0 Å². The van der Waals surface area contributed by atoms with Gasteiger partial charge in [-0.3, -0.25) is 0 Å². The first-order valence-electron chi connectivity index (χ1n) is 8.99. The van der Waals surface area contributed by atoms with Crippen LogP contribution in [0.1, 0.15) is 72.6 Å². The number of hydrogen-bond donors (Lipinski definition) is 0. The summed E-state index contributed by atoms with van der Waals surface area (Å²) in [7, 11) is 0. The van der Waals surface area contributed by atoms with Crippen molar-refractivity contribution in [3.8, 4) is 0 Å². The smallest absolute Gasteiger partial charge is 0.0264 e. The Balaban J connectivity index is 1.60. The van der Waals surface area contributed by atoms with E-state index in [-0.39, 0.29) is 0 Å². The van der Waals surface area contributed by atoms with Gasteiger partial charge in [0.15, 0.2) is 0 Å². The second kappa shape index (κ2) is 3.80. The Hall–Kier alpha value is 0. The van der Waals surface area contributed by atoms with Gasteiger partial charge in [-0.1, -0.05) is 34.1 Å². The average Bonchev–Trinajstić information content (AvgIpc) is 2.74. The molecule has 0 saturated heterocycles. The minimum Gasteiger partial charge on any atom is -0.0651 e. The van der Waals surface area contributed by atoms with Crippen molar-refractivity contribution < 1.29 is 0 Å². The molecule has 8 atom stereocenters. The van der Waals surface area contributed by atoms with Gasteiger partial charge in [0, 0.05) is 0 Å². The summed E-state index contributed by atoms with van der Waals surface area (Å²) < 4.78 is 0. The summed E-state index contributed by atoms with van der Waals surface area (Å²) in [5.74, 6) is 6.47. The van der Waals surface area contributed by atoms with Gasteiger partial charge < -0.3 is 0 Å². The standard InChI is InChI=1S/C19H32/c1-5-13-10-17-15-9-14-8-12(2)11-19(14,4)16(15)6-7-18(13,17)3/h12-17H,5-11H2,1-4H3. The Morgan fingerprint density at radius 2 is 1.79 bits per heavy atom. The highest BCUT2D eigenvalue weighted by molar-refractivity contribution is 5.14. The van der Waals surface area contributed by atoms with Crippen LogP contribution in [0.5, 0.6) is 0 Å². The summed E-state index contributed by atoms with van der Waals surface area (Å²) in [5.41, 5.74) is 1.49. The molecular weight excluding hydrogens is 228 g/mol. The fourth-order valence-corrected chi connectivity index (χ4v) is 7.69. The zero-order valence-corrected chi connectivity index (χ0v) is 13.4. The molecular formula is C19H32. The van der Waals surface area contributed by atoms with Crippen LogP contribution >= 0.6 is 0 Å². The zero-order chi connectivity index (χ0) is 13.4. The Morgan fingerprint density at radius 1 is 1.00 bits per heavy atom. The number of fused-ring (bicyclic) bond motifs is 5. The molecule has 0 nitrogen and oxygen atoms in total. The lowest BCUT2D eigenvalue weighted by Crippen LogP contribution is -2.54. The Labute approximate surface area is 119 Å². The summed E-state index contributed by atoms with van der Waals surface area (Å²) in [6, 6.07) is 0. The fraction of sp³-hybridized carbons (Fsp3) is 1.00. The predicted octanol–water partition coefficient (Wildman–Crippen LogP) is 5.52. The molecule has 0 aromatic carbocycles. The molecule has 4 aliphatic rings. The SMILES string of the molecule is CCC1CC2C3CC4CC(C)CC4(C)C3CCC12C. The molecule has 0 heteroatoms. The third-order valence-corrected chi connectivity index (χ3v) is 8.65. The van der Waals surface area contributed by atoms with E-state index >= 15 is 0 Å². The molecule has 0 aromatic heterocycles. The lowest BCUT2D eigenvalue weighted by Gasteiger charge is -2.62. The maximum Gasteiger partial charge on any atom is -0.0264 e. The summed E-state index contributed by atoms with van der Waals surface area (Å²) >= 11 is 0. The maximum absolute atomic E-state index is 2.67. The van der Waals surface area contributed by atoms with Crippen molar-refractivity contribution in [2.45, 2.75) is 72.6 Å². The molecule has 19 heavy (non-hydrogen) atoms. The minimum absolute atomic E-state index is 0.739. The van der Waals surface area contributed by atoms with Crippen molar-refractivity contribution in [2.75, 3.05) is 0 Å². The second-order valence-corrected chi connectivity index (χ2v) is 9.25. The lowest BCUT2D eigenvalue weighted by atomic mass is 9.43. The van der Waals surface area contributed by atoms with Crippen molar-refractivity contribution >= 4 is 0 Å². The van der Waals surface area contributed by atoms with E-state index in [1.807, 2.05) is 0 Å². The van der Waals surface area contributed by atoms with Crippen LogP contribution in [0.25, 0.3) is 0 Å². The van der Waals surface area contributed by atoms with E-state index in [1.165, 1.54) is 6.42 Å². The fourth-order valence-electron chi connectivity index (χ4n) is 7.69. The van der Waals surface area contributed by atoms with Crippen LogP contribution in [0.2, 0.25) is 0 Å². The van der Waals surface area contributed by atoms with Crippen LogP contribution in [0.4, 0.5) is 0 Å². The highest BCUT2D eigenvalue weighted by Gasteiger charge is 2.65. The van der Waals surface area contributed by atoms with Gasteiger partial charge in [0.2, 0.25) is 0 Å². The molecule has 0 amide bonds. The summed E-state index contributed by atoms with van der Waals surface area (Å²) in [6.45, 7) is 10.2.